The Bertz CT molecular complexity index is 1340. The highest BCUT2D eigenvalue weighted by Crippen LogP contribution is 2.32. The van der Waals surface area contributed by atoms with Crippen LogP contribution >= 0.6 is 11.6 Å². The Hall–Kier alpha value is -3.72. The molecule has 10 heteroatoms. The molecule has 158 valence electrons. The minimum absolute atomic E-state index is 0.154. The van der Waals surface area contributed by atoms with Gasteiger partial charge in [0.1, 0.15) is 16.6 Å². The van der Waals surface area contributed by atoms with Gasteiger partial charge >= 0.3 is 0 Å². The summed E-state index contributed by atoms with van der Waals surface area (Å²) in [6.45, 7) is 3.96. The van der Waals surface area contributed by atoms with Crippen LogP contribution in [0.3, 0.4) is 0 Å². The molecule has 0 saturated heterocycles. The molecule has 31 heavy (non-hydrogen) atoms. The average Bonchev–Trinajstić information content (AvgIpc) is 2.74. The van der Waals surface area contributed by atoms with Crippen LogP contribution in [0.25, 0.3) is 22.3 Å². The van der Waals surface area contributed by atoms with E-state index in [0.717, 1.165) is 5.39 Å². The lowest BCUT2D eigenvalue weighted by Gasteiger charge is -2.13. The van der Waals surface area contributed by atoms with E-state index in [4.69, 9.17) is 22.1 Å². The molecule has 0 aromatic carbocycles. The predicted molar refractivity (Wildman–Crippen MR) is 121 cm³/mol. The number of pyridine rings is 3. The summed E-state index contributed by atoms with van der Waals surface area (Å²) in [7, 11) is 1.67. The number of ether oxygens (including phenoxy) is 1. The largest absolute Gasteiger partial charge is 0.454 e. The number of hydrogen-bond donors (Lipinski definition) is 2. The van der Waals surface area contributed by atoms with Gasteiger partial charge in [-0.15, -0.1) is 0 Å². The summed E-state index contributed by atoms with van der Waals surface area (Å²) in [6.07, 6.45) is 4.56. The van der Waals surface area contributed by atoms with Gasteiger partial charge in [-0.25, -0.2) is 19.9 Å². The molecule has 9 nitrogen and oxygen atoms in total. The molecule has 0 bridgehead atoms. The second kappa shape index (κ2) is 8.19. The highest BCUT2D eigenvalue weighted by Gasteiger charge is 2.13. The maximum absolute atomic E-state index is 12.8. The summed E-state index contributed by atoms with van der Waals surface area (Å²) >= 11 is 6.13. The van der Waals surface area contributed by atoms with Gasteiger partial charge in [-0.1, -0.05) is 11.6 Å². The summed E-state index contributed by atoms with van der Waals surface area (Å²) in [6, 6.07) is 7.11. The van der Waals surface area contributed by atoms with Crippen molar-refractivity contribution < 1.29 is 4.74 Å². The smallest absolute Gasteiger partial charge is 0.264 e. The third kappa shape index (κ3) is 4.13. The minimum atomic E-state index is -0.199. The van der Waals surface area contributed by atoms with Gasteiger partial charge in [0.15, 0.2) is 11.4 Å². The summed E-state index contributed by atoms with van der Waals surface area (Å²) in [5.41, 5.74) is 6.85. The van der Waals surface area contributed by atoms with Crippen LogP contribution in [0.1, 0.15) is 13.8 Å². The zero-order chi connectivity index (χ0) is 22.1. The molecule has 0 aliphatic rings. The standard InChI is InChI=1S/C21H20ClN7O2/c1-11(2)27-21-26-10-14(20(30)29(21)3)15-5-4-12-8-13(9-25-19(12)28-15)31-16-6-7-24-18(23)17(16)22/h4-11H,1-3H3,(H2,23,24)(H,26,27). The van der Waals surface area contributed by atoms with Gasteiger partial charge < -0.3 is 15.8 Å². The van der Waals surface area contributed by atoms with Crippen molar-refractivity contribution in [1.29, 1.82) is 0 Å². The van der Waals surface area contributed by atoms with Crippen LogP contribution < -0.4 is 21.3 Å². The highest BCUT2D eigenvalue weighted by molar-refractivity contribution is 6.34. The lowest BCUT2D eigenvalue weighted by atomic mass is 10.2. The van der Waals surface area contributed by atoms with Crippen LogP contribution in [0.15, 0.2) is 47.7 Å². The Labute approximate surface area is 182 Å². The van der Waals surface area contributed by atoms with Crippen molar-refractivity contribution in [3.8, 4) is 22.8 Å². The predicted octanol–water partition coefficient (Wildman–Crippen LogP) is 3.63. The number of nitrogens with one attached hydrogen (secondary N) is 1. The first-order chi connectivity index (χ1) is 14.8. The molecule has 0 aliphatic carbocycles. The number of rotatable bonds is 5. The lowest BCUT2D eigenvalue weighted by Crippen LogP contribution is -2.25. The Morgan fingerprint density at radius 2 is 1.97 bits per heavy atom. The molecule has 0 atom stereocenters. The van der Waals surface area contributed by atoms with E-state index in [2.05, 4.69) is 25.3 Å². The quantitative estimate of drug-likeness (QED) is 0.485. The summed E-state index contributed by atoms with van der Waals surface area (Å²) in [5.74, 6) is 1.53. The SMILES string of the molecule is CC(C)Nc1ncc(-c2ccc3cc(Oc4ccnc(N)c4Cl)cnc3n2)c(=O)n1C. The molecule has 4 aromatic heterocycles. The summed E-state index contributed by atoms with van der Waals surface area (Å²) < 4.78 is 7.25. The second-order valence-electron chi connectivity index (χ2n) is 7.18. The first-order valence-corrected chi connectivity index (χ1v) is 9.89. The minimum Gasteiger partial charge on any atom is -0.454 e. The second-order valence-corrected chi connectivity index (χ2v) is 7.56. The number of anilines is 2. The fourth-order valence-corrected chi connectivity index (χ4v) is 3.11. The van der Waals surface area contributed by atoms with Gasteiger partial charge in [0.25, 0.3) is 5.56 Å². The van der Waals surface area contributed by atoms with E-state index in [-0.39, 0.29) is 22.4 Å². The lowest BCUT2D eigenvalue weighted by molar-refractivity contribution is 0.481. The molecule has 0 aliphatic heterocycles. The van der Waals surface area contributed by atoms with Crippen LogP contribution in [0.5, 0.6) is 11.5 Å². The average molecular weight is 438 g/mol. The molecule has 0 radical (unpaired) electrons. The molecule has 0 amide bonds. The van der Waals surface area contributed by atoms with Crippen LogP contribution in [-0.2, 0) is 7.05 Å². The van der Waals surface area contributed by atoms with E-state index in [1.165, 1.54) is 23.2 Å². The molecule has 4 aromatic rings. The Kier molecular flexibility index (Phi) is 5.43. The van der Waals surface area contributed by atoms with Crippen LogP contribution in [0, 0.1) is 0 Å². The van der Waals surface area contributed by atoms with Crippen molar-refractivity contribution in [2.75, 3.05) is 11.1 Å². The Morgan fingerprint density at radius 1 is 1.16 bits per heavy atom. The molecule has 0 saturated carbocycles. The number of aromatic nitrogens is 5. The van der Waals surface area contributed by atoms with Crippen molar-refractivity contribution >= 4 is 34.4 Å². The fraction of sp³-hybridized carbons (Fsp3) is 0.190. The van der Waals surface area contributed by atoms with Crippen molar-refractivity contribution in [3.63, 3.8) is 0 Å². The van der Waals surface area contributed by atoms with Gasteiger partial charge in [-0.2, -0.15) is 0 Å². The van der Waals surface area contributed by atoms with Crippen LogP contribution in [0.2, 0.25) is 5.02 Å². The van der Waals surface area contributed by atoms with E-state index >= 15 is 0 Å². The topological polar surface area (TPSA) is 121 Å². The van der Waals surface area contributed by atoms with E-state index in [9.17, 15) is 4.79 Å². The van der Waals surface area contributed by atoms with E-state index < -0.39 is 0 Å². The van der Waals surface area contributed by atoms with Gasteiger partial charge in [0, 0.05) is 36.9 Å². The number of fused-ring (bicyclic) bond motifs is 1. The monoisotopic (exact) mass is 437 g/mol. The van der Waals surface area contributed by atoms with Gasteiger partial charge in [0.2, 0.25) is 5.95 Å². The first-order valence-electron chi connectivity index (χ1n) is 9.51. The first kappa shape index (κ1) is 20.5. The molecule has 4 rings (SSSR count). The van der Waals surface area contributed by atoms with Crippen LogP contribution in [-0.4, -0.2) is 30.5 Å². The Balaban J connectivity index is 1.67. The molecule has 0 unspecified atom stereocenters. The normalized spacial score (nSPS) is 11.1. The van der Waals surface area contributed by atoms with Gasteiger partial charge in [0.05, 0.1) is 17.5 Å². The molecule has 3 N–H and O–H groups in total. The fourth-order valence-electron chi connectivity index (χ4n) is 2.96. The maximum Gasteiger partial charge on any atom is 0.264 e. The Morgan fingerprint density at radius 3 is 2.74 bits per heavy atom. The molecule has 0 fully saturated rings. The molecule has 0 spiro atoms. The van der Waals surface area contributed by atoms with Crippen molar-refractivity contribution in [2.45, 2.75) is 19.9 Å². The maximum atomic E-state index is 12.8. The summed E-state index contributed by atoms with van der Waals surface area (Å²) in [5, 5.41) is 4.11. The molecular formula is C21H20ClN7O2. The van der Waals surface area contributed by atoms with Gasteiger partial charge in [-0.3, -0.25) is 9.36 Å². The van der Waals surface area contributed by atoms with Crippen molar-refractivity contribution in [2.24, 2.45) is 7.05 Å². The van der Waals surface area contributed by atoms with Crippen molar-refractivity contribution in [3.05, 3.63) is 58.2 Å². The number of nitrogens with two attached hydrogens (primary N) is 1. The molecular weight excluding hydrogens is 418 g/mol. The van der Waals surface area contributed by atoms with E-state index in [1.807, 2.05) is 19.9 Å². The third-order valence-corrected chi connectivity index (χ3v) is 4.87. The van der Waals surface area contributed by atoms with Crippen molar-refractivity contribution in [1.82, 2.24) is 24.5 Å². The van der Waals surface area contributed by atoms with Crippen LogP contribution in [0.4, 0.5) is 11.8 Å². The molecule has 4 heterocycles. The van der Waals surface area contributed by atoms with E-state index in [1.54, 1.807) is 25.2 Å². The third-order valence-electron chi connectivity index (χ3n) is 4.49. The number of halogens is 1. The van der Waals surface area contributed by atoms with Gasteiger partial charge in [-0.05, 0) is 32.0 Å². The van der Waals surface area contributed by atoms with E-state index in [0.29, 0.717) is 34.4 Å². The zero-order valence-corrected chi connectivity index (χ0v) is 17.9. The summed E-state index contributed by atoms with van der Waals surface area (Å²) in [4.78, 5) is 29.9. The number of nitrogens with zero attached hydrogens (tertiary/aromatic N) is 5. The zero-order valence-electron chi connectivity index (χ0n) is 17.1. The highest BCUT2D eigenvalue weighted by atomic mass is 35.5. The number of hydrogen-bond acceptors (Lipinski definition) is 8. The number of nitrogen functional groups attached to an aromatic ring is 1.